The van der Waals surface area contributed by atoms with Crippen LogP contribution in [-0.4, -0.2) is 18.2 Å². The van der Waals surface area contributed by atoms with Gasteiger partial charge in [-0.25, -0.2) is 0 Å². The molecule has 2 rings (SSSR count). The quantitative estimate of drug-likeness (QED) is 0.900. The van der Waals surface area contributed by atoms with Gasteiger partial charge in [0.15, 0.2) is 0 Å². The van der Waals surface area contributed by atoms with Crippen LogP contribution in [0.1, 0.15) is 30.7 Å². The molecule has 4 heteroatoms. The van der Waals surface area contributed by atoms with Crippen LogP contribution in [0.15, 0.2) is 18.2 Å². The molecule has 1 aliphatic carbocycles. The number of methoxy groups -OCH3 is 1. The molecule has 0 bridgehead atoms. The van der Waals surface area contributed by atoms with Crippen molar-refractivity contribution in [2.75, 3.05) is 7.11 Å². The van der Waals surface area contributed by atoms with Crippen LogP contribution in [0.3, 0.4) is 0 Å². The highest BCUT2D eigenvalue weighted by Gasteiger charge is 2.35. The molecule has 2 unspecified atom stereocenters. The van der Waals surface area contributed by atoms with Gasteiger partial charge in [-0.15, -0.1) is 0 Å². The minimum Gasteiger partial charge on any atom is -0.496 e. The van der Waals surface area contributed by atoms with Crippen LogP contribution in [0, 0.1) is 5.92 Å². The second-order valence-corrected chi connectivity index (χ2v) is 4.80. The lowest BCUT2D eigenvalue weighted by atomic mass is 9.88. The van der Waals surface area contributed by atoms with Gasteiger partial charge in [-0.2, -0.15) is 0 Å². The predicted molar refractivity (Wildman–Crippen MR) is 65.7 cm³/mol. The van der Waals surface area contributed by atoms with Crippen molar-refractivity contribution >= 4 is 17.6 Å². The summed E-state index contributed by atoms with van der Waals surface area (Å²) in [6, 6.07) is 5.38. The first kappa shape index (κ1) is 12.2. The Labute approximate surface area is 105 Å². The third-order valence-corrected chi connectivity index (χ3v) is 3.66. The van der Waals surface area contributed by atoms with E-state index >= 15 is 0 Å². The molecule has 0 heterocycles. The van der Waals surface area contributed by atoms with Crippen LogP contribution in [0.5, 0.6) is 5.75 Å². The van der Waals surface area contributed by atoms with E-state index in [0.29, 0.717) is 5.02 Å². The first-order valence-corrected chi connectivity index (χ1v) is 6.07. The number of aliphatic carboxylic acids is 1. The Kier molecular flexibility index (Phi) is 3.57. The second kappa shape index (κ2) is 4.96. The molecule has 3 nitrogen and oxygen atoms in total. The molecule has 0 spiro atoms. The maximum Gasteiger partial charge on any atom is 0.307 e. The molecule has 1 aromatic rings. The Hall–Kier alpha value is -1.22. The molecule has 92 valence electrons. The summed E-state index contributed by atoms with van der Waals surface area (Å²) in [5.74, 6) is -0.300. The van der Waals surface area contributed by atoms with Gasteiger partial charge in [0.05, 0.1) is 13.0 Å². The van der Waals surface area contributed by atoms with E-state index in [1.54, 1.807) is 19.2 Å². The van der Waals surface area contributed by atoms with Gasteiger partial charge in [0.25, 0.3) is 0 Å². The highest BCUT2D eigenvalue weighted by atomic mass is 35.5. The molecule has 17 heavy (non-hydrogen) atoms. The van der Waals surface area contributed by atoms with E-state index in [2.05, 4.69) is 0 Å². The standard InChI is InChI=1S/C13H15ClO3/c1-17-12-6-5-8(14)7-11(12)9-3-2-4-10(9)13(15)16/h5-7,9-10H,2-4H2,1H3,(H,15,16). The van der Waals surface area contributed by atoms with E-state index in [1.807, 2.05) is 6.07 Å². The Morgan fingerprint density at radius 1 is 1.47 bits per heavy atom. The highest BCUT2D eigenvalue weighted by molar-refractivity contribution is 6.30. The Balaban J connectivity index is 2.38. The molecule has 1 aromatic carbocycles. The molecule has 1 saturated carbocycles. The van der Waals surface area contributed by atoms with E-state index in [-0.39, 0.29) is 11.8 Å². The molecule has 0 saturated heterocycles. The molecule has 1 aliphatic rings. The number of hydrogen-bond acceptors (Lipinski definition) is 2. The zero-order valence-corrected chi connectivity index (χ0v) is 10.4. The van der Waals surface area contributed by atoms with Crippen LogP contribution in [0.2, 0.25) is 5.02 Å². The van der Waals surface area contributed by atoms with Crippen molar-refractivity contribution < 1.29 is 14.6 Å². The normalized spacial score (nSPS) is 23.6. The Morgan fingerprint density at radius 3 is 2.88 bits per heavy atom. The average Bonchev–Trinajstić information content (AvgIpc) is 2.77. The fraction of sp³-hybridized carbons (Fsp3) is 0.462. The van der Waals surface area contributed by atoms with E-state index in [0.717, 1.165) is 30.6 Å². The summed E-state index contributed by atoms with van der Waals surface area (Å²) >= 11 is 5.98. The fourth-order valence-electron chi connectivity index (χ4n) is 2.62. The average molecular weight is 255 g/mol. The lowest BCUT2D eigenvalue weighted by Crippen LogP contribution is -2.17. The van der Waals surface area contributed by atoms with Crippen molar-refractivity contribution in [3.63, 3.8) is 0 Å². The van der Waals surface area contributed by atoms with Gasteiger partial charge < -0.3 is 9.84 Å². The highest BCUT2D eigenvalue weighted by Crippen LogP contribution is 2.43. The number of hydrogen-bond donors (Lipinski definition) is 1. The molecular formula is C13H15ClO3. The van der Waals surface area contributed by atoms with Crippen molar-refractivity contribution in [1.82, 2.24) is 0 Å². The monoisotopic (exact) mass is 254 g/mol. The van der Waals surface area contributed by atoms with E-state index in [9.17, 15) is 9.90 Å². The summed E-state index contributed by atoms with van der Waals surface area (Å²) in [6.07, 6.45) is 2.56. The maximum atomic E-state index is 11.2. The molecule has 1 N–H and O–H groups in total. The van der Waals surface area contributed by atoms with Gasteiger partial charge in [0, 0.05) is 10.9 Å². The number of ether oxygens (including phenoxy) is 1. The molecule has 0 aromatic heterocycles. The van der Waals surface area contributed by atoms with Crippen molar-refractivity contribution in [3.8, 4) is 5.75 Å². The first-order chi connectivity index (χ1) is 8.13. The SMILES string of the molecule is COc1ccc(Cl)cc1C1CCCC1C(=O)O. The van der Waals surface area contributed by atoms with E-state index in [4.69, 9.17) is 16.3 Å². The summed E-state index contributed by atoms with van der Waals surface area (Å²) in [4.78, 5) is 11.2. The van der Waals surface area contributed by atoms with Gasteiger partial charge in [-0.1, -0.05) is 18.0 Å². The largest absolute Gasteiger partial charge is 0.496 e. The number of carboxylic acids is 1. The topological polar surface area (TPSA) is 46.5 Å². The fourth-order valence-corrected chi connectivity index (χ4v) is 2.80. The minimum atomic E-state index is -0.727. The second-order valence-electron chi connectivity index (χ2n) is 4.37. The molecule has 0 radical (unpaired) electrons. The number of carboxylic acid groups (broad SMARTS) is 1. The van der Waals surface area contributed by atoms with Crippen molar-refractivity contribution in [3.05, 3.63) is 28.8 Å². The lowest BCUT2D eigenvalue weighted by Gasteiger charge is -2.19. The van der Waals surface area contributed by atoms with E-state index in [1.165, 1.54) is 0 Å². The van der Waals surface area contributed by atoms with Gasteiger partial charge in [-0.3, -0.25) is 4.79 Å². The van der Waals surface area contributed by atoms with Crippen LogP contribution < -0.4 is 4.74 Å². The smallest absolute Gasteiger partial charge is 0.307 e. The maximum absolute atomic E-state index is 11.2. The number of carbonyl (C=O) groups is 1. The number of halogens is 1. The summed E-state index contributed by atoms with van der Waals surface area (Å²) < 4.78 is 5.29. The summed E-state index contributed by atoms with van der Waals surface area (Å²) in [5, 5.41) is 9.83. The van der Waals surface area contributed by atoms with Crippen molar-refractivity contribution in [2.24, 2.45) is 5.92 Å². The third-order valence-electron chi connectivity index (χ3n) is 3.42. The minimum absolute atomic E-state index is 0.0150. The van der Waals surface area contributed by atoms with Gasteiger partial charge in [-0.05, 0) is 36.6 Å². The van der Waals surface area contributed by atoms with Gasteiger partial charge >= 0.3 is 5.97 Å². The van der Waals surface area contributed by atoms with Crippen LogP contribution in [-0.2, 0) is 4.79 Å². The zero-order chi connectivity index (χ0) is 12.4. The number of rotatable bonds is 3. The first-order valence-electron chi connectivity index (χ1n) is 5.69. The molecule has 0 amide bonds. The Bertz CT molecular complexity index is 431. The third kappa shape index (κ3) is 2.39. The molecule has 0 aliphatic heterocycles. The van der Waals surface area contributed by atoms with Crippen molar-refractivity contribution in [2.45, 2.75) is 25.2 Å². The molecular weight excluding hydrogens is 240 g/mol. The van der Waals surface area contributed by atoms with Gasteiger partial charge in [0.2, 0.25) is 0 Å². The Morgan fingerprint density at radius 2 is 2.24 bits per heavy atom. The van der Waals surface area contributed by atoms with Crippen LogP contribution in [0.25, 0.3) is 0 Å². The van der Waals surface area contributed by atoms with Crippen LogP contribution in [0.4, 0.5) is 0 Å². The number of benzene rings is 1. The molecule has 1 fully saturated rings. The van der Waals surface area contributed by atoms with E-state index < -0.39 is 5.97 Å². The van der Waals surface area contributed by atoms with Gasteiger partial charge in [0.1, 0.15) is 5.75 Å². The van der Waals surface area contributed by atoms with Crippen LogP contribution >= 0.6 is 11.6 Å². The summed E-state index contributed by atoms with van der Waals surface area (Å²) in [7, 11) is 1.59. The zero-order valence-electron chi connectivity index (χ0n) is 9.65. The predicted octanol–water partition coefficient (Wildman–Crippen LogP) is 3.32. The summed E-state index contributed by atoms with van der Waals surface area (Å²) in [5.41, 5.74) is 0.921. The lowest BCUT2D eigenvalue weighted by molar-refractivity contribution is -0.142. The summed E-state index contributed by atoms with van der Waals surface area (Å²) in [6.45, 7) is 0. The molecule has 2 atom stereocenters. The van der Waals surface area contributed by atoms with Crippen molar-refractivity contribution in [1.29, 1.82) is 0 Å².